The molecule has 0 aliphatic carbocycles. The quantitative estimate of drug-likeness (QED) is 0.504. The zero-order chi connectivity index (χ0) is 9.42. The highest BCUT2D eigenvalue weighted by molar-refractivity contribution is 5.54. The first-order valence-electron chi connectivity index (χ1n) is 3.53. The summed E-state index contributed by atoms with van der Waals surface area (Å²) in [5.74, 6) is 10.8. The van der Waals surface area contributed by atoms with Gasteiger partial charge in [-0.05, 0) is 17.4 Å². The van der Waals surface area contributed by atoms with E-state index in [2.05, 4.69) is 20.6 Å². The van der Waals surface area contributed by atoms with Crippen LogP contribution in [0.2, 0.25) is 0 Å². The van der Waals surface area contributed by atoms with Gasteiger partial charge in [0, 0.05) is 0 Å². The molecule has 0 aromatic carbocycles. The summed E-state index contributed by atoms with van der Waals surface area (Å²) in [6.07, 6.45) is 1.54. The minimum absolute atomic E-state index is 0.553. The van der Waals surface area contributed by atoms with E-state index < -0.39 is 0 Å². The van der Waals surface area contributed by atoms with E-state index >= 15 is 0 Å². The third-order valence-electron chi connectivity index (χ3n) is 1.68. The standard InChI is InChI=1S/C5H8N8/c1-3-5(9-11-13(3)7)4-2-12(6)10-8-4/h2H,6-7H2,1H3. The Labute approximate surface area is 73.1 Å². The second-order valence-corrected chi connectivity index (χ2v) is 2.55. The van der Waals surface area contributed by atoms with Crippen molar-refractivity contribution in [1.29, 1.82) is 0 Å². The van der Waals surface area contributed by atoms with Gasteiger partial charge in [-0.2, -0.15) is 9.58 Å². The predicted octanol–water partition coefficient (Wildman–Crippen LogP) is -1.73. The zero-order valence-corrected chi connectivity index (χ0v) is 6.92. The molecule has 68 valence electrons. The number of nitrogen functional groups attached to an aromatic ring is 2. The molecule has 0 aliphatic heterocycles. The fraction of sp³-hybridized carbons (Fsp3) is 0.200. The lowest BCUT2D eigenvalue weighted by Crippen LogP contribution is -2.11. The van der Waals surface area contributed by atoms with Gasteiger partial charge in [0.2, 0.25) is 0 Å². The Morgan fingerprint density at radius 2 is 2.00 bits per heavy atom. The summed E-state index contributed by atoms with van der Waals surface area (Å²) in [7, 11) is 0. The van der Waals surface area contributed by atoms with Crippen LogP contribution in [0.4, 0.5) is 0 Å². The number of aromatic nitrogens is 6. The van der Waals surface area contributed by atoms with Crippen LogP contribution >= 0.6 is 0 Å². The van der Waals surface area contributed by atoms with Crippen LogP contribution in [-0.4, -0.2) is 30.2 Å². The number of hydrogen-bond acceptors (Lipinski definition) is 6. The number of rotatable bonds is 1. The van der Waals surface area contributed by atoms with Crippen molar-refractivity contribution in [3.05, 3.63) is 11.9 Å². The van der Waals surface area contributed by atoms with Crippen LogP contribution in [0, 0.1) is 6.92 Å². The maximum absolute atomic E-state index is 5.44. The number of nitrogens with zero attached hydrogens (tertiary/aromatic N) is 6. The monoisotopic (exact) mass is 180 g/mol. The molecule has 0 saturated carbocycles. The summed E-state index contributed by atoms with van der Waals surface area (Å²) < 4.78 is 0. The molecule has 8 nitrogen and oxygen atoms in total. The summed E-state index contributed by atoms with van der Waals surface area (Å²) in [4.78, 5) is 2.27. The Morgan fingerprint density at radius 1 is 1.23 bits per heavy atom. The van der Waals surface area contributed by atoms with Crippen LogP contribution in [0.25, 0.3) is 11.4 Å². The molecule has 0 aliphatic rings. The van der Waals surface area contributed by atoms with Crippen LogP contribution in [0.1, 0.15) is 5.69 Å². The molecule has 0 saturated heterocycles. The van der Waals surface area contributed by atoms with Gasteiger partial charge >= 0.3 is 0 Å². The van der Waals surface area contributed by atoms with Crippen LogP contribution in [0.3, 0.4) is 0 Å². The van der Waals surface area contributed by atoms with Crippen molar-refractivity contribution < 1.29 is 0 Å². The first kappa shape index (κ1) is 7.53. The summed E-state index contributed by atoms with van der Waals surface area (Å²) >= 11 is 0. The Bertz CT molecular complexity index is 425. The molecule has 0 amide bonds. The SMILES string of the molecule is Cc1c(-c2cn(N)nn2)nnn1N. The average molecular weight is 180 g/mol. The van der Waals surface area contributed by atoms with Gasteiger partial charge in [0.25, 0.3) is 0 Å². The molecule has 2 aromatic heterocycles. The molecule has 4 N–H and O–H groups in total. The number of hydrogen-bond donors (Lipinski definition) is 2. The van der Waals surface area contributed by atoms with Crippen LogP contribution in [-0.2, 0) is 0 Å². The van der Waals surface area contributed by atoms with Gasteiger partial charge in [-0.3, -0.25) is 0 Å². The molecule has 0 fully saturated rings. The summed E-state index contributed by atoms with van der Waals surface area (Å²) in [6, 6.07) is 0. The van der Waals surface area contributed by atoms with Crippen molar-refractivity contribution in [3.63, 3.8) is 0 Å². The third-order valence-corrected chi connectivity index (χ3v) is 1.68. The second-order valence-electron chi connectivity index (χ2n) is 2.55. The molecule has 2 aromatic rings. The molecule has 8 heteroatoms. The average Bonchev–Trinajstić information content (AvgIpc) is 2.62. The van der Waals surface area contributed by atoms with Crippen LogP contribution in [0.5, 0.6) is 0 Å². The molecule has 0 unspecified atom stereocenters. The topological polar surface area (TPSA) is 113 Å². The summed E-state index contributed by atoms with van der Waals surface area (Å²) in [6.45, 7) is 1.78. The first-order valence-corrected chi connectivity index (χ1v) is 3.53. The first-order chi connectivity index (χ1) is 6.18. The van der Waals surface area contributed by atoms with Gasteiger partial charge in [0.15, 0.2) is 0 Å². The molecule has 2 heterocycles. The van der Waals surface area contributed by atoms with E-state index in [1.54, 1.807) is 6.92 Å². The van der Waals surface area contributed by atoms with Crippen LogP contribution < -0.4 is 11.7 Å². The van der Waals surface area contributed by atoms with Gasteiger partial charge in [-0.15, -0.1) is 10.2 Å². The molecule has 0 spiro atoms. The van der Waals surface area contributed by atoms with E-state index in [0.29, 0.717) is 17.1 Å². The lowest BCUT2D eigenvalue weighted by Gasteiger charge is -1.91. The van der Waals surface area contributed by atoms with Gasteiger partial charge in [0.05, 0.1) is 11.9 Å². The van der Waals surface area contributed by atoms with Crippen molar-refractivity contribution in [2.75, 3.05) is 11.7 Å². The van der Waals surface area contributed by atoms with Gasteiger partial charge in [-0.1, -0.05) is 0 Å². The van der Waals surface area contributed by atoms with Crippen molar-refractivity contribution in [2.45, 2.75) is 6.92 Å². The Kier molecular flexibility index (Phi) is 1.41. The molecule has 2 rings (SSSR count). The van der Waals surface area contributed by atoms with Crippen molar-refractivity contribution in [3.8, 4) is 11.4 Å². The van der Waals surface area contributed by atoms with E-state index in [-0.39, 0.29) is 0 Å². The molecule has 0 radical (unpaired) electrons. The second kappa shape index (κ2) is 2.44. The third kappa shape index (κ3) is 1.08. The molecule has 0 bridgehead atoms. The van der Waals surface area contributed by atoms with E-state index in [9.17, 15) is 0 Å². The van der Waals surface area contributed by atoms with Gasteiger partial charge in [-0.25, -0.2) is 0 Å². The Balaban J connectivity index is 2.52. The lowest BCUT2D eigenvalue weighted by atomic mass is 10.3. The summed E-state index contributed by atoms with van der Waals surface area (Å²) in [5.41, 5.74) is 1.84. The van der Waals surface area contributed by atoms with Crippen LogP contribution in [0.15, 0.2) is 6.20 Å². The van der Waals surface area contributed by atoms with E-state index in [1.807, 2.05) is 0 Å². The Morgan fingerprint density at radius 3 is 2.46 bits per heavy atom. The van der Waals surface area contributed by atoms with E-state index in [0.717, 1.165) is 4.79 Å². The van der Waals surface area contributed by atoms with Crippen molar-refractivity contribution in [2.24, 2.45) is 0 Å². The molecular formula is C5H8N8. The maximum atomic E-state index is 5.44. The minimum atomic E-state index is 0.553. The highest BCUT2D eigenvalue weighted by Crippen LogP contribution is 2.14. The lowest BCUT2D eigenvalue weighted by molar-refractivity contribution is 0.746. The van der Waals surface area contributed by atoms with E-state index in [1.165, 1.54) is 11.0 Å². The molecule has 13 heavy (non-hydrogen) atoms. The fourth-order valence-corrected chi connectivity index (χ4v) is 0.963. The zero-order valence-electron chi connectivity index (χ0n) is 6.92. The highest BCUT2D eigenvalue weighted by atomic mass is 15.6. The normalized spacial score (nSPS) is 10.5. The number of nitrogens with two attached hydrogens (primary N) is 2. The minimum Gasteiger partial charge on any atom is -0.322 e. The maximum Gasteiger partial charge on any atom is 0.140 e. The molecular weight excluding hydrogens is 172 g/mol. The largest absolute Gasteiger partial charge is 0.322 e. The Hall–Kier alpha value is -2.12. The van der Waals surface area contributed by atoms with Gasteiger partial charge in [0.1, 0.15) is 11.4 Å². The highest BCUT2D eigenvalue weighted by Gasteiger charge is 2.11. The van der Waals surface area contributed by atoms with Crippen molar-refractivity contribution in [1.82, 2.24) is 30.2 Å². The fourth-order valence-electron chi connectivity index (χ4n) is 0.963. The van der Waals surface area contributed by atoms with Gasteiger partial charge < -0.3 is 11.7 Å². The smallest absolute Gasteiger partial charge is 0.140 e. The summed E-state index contributed by atoms with van der Waals surface area (Å²) in [5, 5.41) is 14.8. The molecule has 0 atom stereocenters. The van der Waals surface area contributed by atoms with Crippen molar-refractivity contribution >= 4 is 0 Å². The predicted molar refractivity (Wildman–Crippen MR) is 44.1 cm³/mol. The van der Waals surface area contributed by atoms with E-state index in [4.69, 9.17) is 11.7 Å².